The lowest BCUT2D eigenvalue weighted by Crippen LogP contribution is -2.27. The Bertz CT molecular complexity index is 432. The van der Waals surface area contributed by atoms with Crippen molar-refractivity contribution < 1.29 is 0 Å². The van der Waals surface area contributed by atoms with Crippen LogP contribution in [0.25, 0.3) is 0 Å². The molecule has 0 unspecified atom stereocenters. The van der Waals surface area contributed by atoms with Crippen molar-refractivity contribution >= 4 is 11.4 Å². The molecule has 90 valence electrons. The maximum Gasteiger partial charge on any atom is 0.0992 e. The van der Waals surface area contributed by atoms with Crippen LogP contribution in [0.3, 0.4) is 0 Å². The average Bonchev–Trinajstić information content (AvgIpc) is 3.15. The van der Waals surface area contributed by atoms with Crippen LogP contribution >= 0.6 is 0 Å². The van der Waals surface area contributed by atoms with Crippen molar-refractivity contribution in [1.29, 1.82) is 5.26 Å². The molecule has 17 heavy (non-hydrogen) atoms. The van der Waals surface area contributed by atoms with Gasteiger partial charge >= 0.3 is 0 Å². The molecule has 2 rings (SSSR count). The van der Waals surface area contributed by atoms with Gasteiger partial charge in [0.05, 0.1) is 23.0 Å². The summed E-state index contributed by atoms with van der Waals surface area (Å²) in [6.07, 6.45) is 2.64. The molecule has 0 heterocycles. The Morgan fingerprint density at radius 1 is 1.53 bits per heavy atom. The summed E-state index contributed by atoms with van der Waals surface area (Å²) in [4.78, 5) is 2.36. The van der Waals surface area contributed by atoms with Crippen LogP contribution in [0, 0.1) is 11.3 Å². The molecule has 1 aliphatic carbocycles. The van der Waals surface area contributed by atoms with E-state index in [1.807, 2.05) is 0 Å². The molecule has 0 spiro atoms. The molecule has 1 aromatic carbocycles. The number of benzene rings is 1. The zero-order chi connectivity index (χ0) is 12.3. The van der Waals surface area contributed by atoms with Gasteiger partial charge in [0.1, 0.15) is 0 Å². The second-order valence-electron chi connectivity index (χ2n) is 4.55. The van der Waals surface area contributed by atoms with Crippen molar-refractivity contribution in [3.8, 4) is 6.07 Å². The molecular weight excluding hydrogens is 212 g/mol. The van der Waals surface area contributed by atoms with Crippen LogP contribution in [0.1, 0.15) is 18.4 Å². The molecule has 0 radical (unpaired) electrons. The van der Waals surface area contributed by atoms with Gasteiger partial charge in [-0.05, 0) is 38.1 Å². The molecule has 0 amide bonds. The number of nitrogens with two attached hydrogens (primary N) is 1. The van der Waals surface area contributed by atoms with Gasteiger partial charge in [-0.3, -0.25) is 0 Å². The van der Waals surface area contributed by atoms with Crippen LogP contribution in [0.15, 0.2) is 18.2 Å². The minimum absolute atomic E-state index is 0.636. The number of anilines is 2. The fourth-order valence-electron chi connectivity index (χ4n) is 1.84. The summed E-state index contributed by atoms with van der Waals surface area (Å²) in [7, 11) is 2.15. The summed E-state index contributed by atoms with van der Waals surface area (Å²) in [6.45, 7) is 1.85. The first-order valence-electron chi connectivity index (χ1n) is 5.94. The highest BCUT2D eigenvalue weighted by molar-refractivity contribution is 5.68. The first-order chi connectivity index (χ1) is 8.20. The van der Waals surface area contributed by atoms with Crippen molar-refractivity contribution in [2.45, 2.75) is 18.9 Å². The van der Waals surface area contributed by atoms with Gasteiger partial charge in [0.15, 0.2) is 0 Å². The smallest absolute Gasteiger partial charge is 0.0992 e. The van der Waals surface area contributed by atoms with Gasteiger partial charge in [0.25, 0.3) is 0 Å². The molecule has 0 bridgehead atoms. The summed E-state index contributed by atoms with van der Waals surface area (Å²) in [5.41, 5.74) is 8.03. The lowest BCUT2D eigenvalue weighted by Gasteiger charge is -2.17. The number of rotatable bonds is 5. The Balaban J connectivity index is 1.87. The summed E-state index contributed by atoms with van der Waals surface area (Å²) in [5.74, 6) is 0. The van der Waals surface area contributed by atoms with Crippen molar-refractivity contribution in [3.63, 3.8) is 0 Å². The van der Waals surface area contributed by atoms with E-state index in [0.717, 1.165) is 24.8 Å². The molecule has 0 atom stereocenters. The number of nitriles is 1. The van der Waals surface area contributed by atoms with E-state index in [1.165, 1.54) is 12.8 Å². The third-order valence-electron chi connectivity index (χ3n) is 3.13. The van der Waals surface area contributed by atoms with Gasteiger partial charge < -0.3 is 16.0 Å². The summed E-state index contributed by atoms with van der Waals surface area (Å²) >= 11 is 0. The second kappa shape index (κ2) is 5.07. The van der Waals surface area contributed by atoms with Crippen LogP contribution in [0.2, 0.25) is 0 Å². The predicted octanol–water partition coefficient (Wildman–Crippen LogP) is 1.65. The number of nitrogens with zero attached hydrogens (tertiary/aromatic N) is 2. The Hall–Kier alpha value is -1.73. The first kappa shape index (κ1) is 11.7. The molecular formula is C13H18N4. The van der Waals surface area contributed by atoms with E-state index < -0.39 is 0 Å². The number of nitrogens with one attached hydrogen (secondary N) is 1. The molecule has 1 aliphatic rings. The zero-order valence-electron chi connectivity index (χ0n) is 10.1. The average molecular weight is 230 g/mol. The molecule has 0 aliphatic heterocycles. The highest BCUT2D eigenvalue weighted by Crippen LogP contribution is 2.25. The van der Waals surface area contributed by atoms with Gasteiger partial charge in [0.2, 0.25) is 0 Å². The molecule has 1 fully saturated rings. The zero-order valence-corrected chi connectivity index (χ0v) is 10.1. The lowest BCUT2D eigenvalue weighted by molar-refractivity contribution is 0.337. The molecule has 1 aromatic rings. The van der Waals surface area contributed by atoms with E-state index in [-0.39, 0.29) is 0 Å². The number of nitrogen functional groups attached to an aromatic ring is 1. The number of hydrogen-bond donors (Lipinski definition) is 2. The van der Waals surface area contributed by atoms with Gasteiger partial charge in [-0.2, -0.15) is 5.26 Å². The Morgan fingerprint density at radius 2 is 2.29 bits per heavy atom. The quantitative estimate of drug-likeness (QED) is 0.755. The standard InChI is InChI=1S/C13H18N4/c1-17(11-3-4-11)7-6-16-13-8-10(9-14)2-5-12(13)15/h2,5,8,11,16H,3-4,6-7,15H2,1H3. The van der Waals surface area contributed by atoms with E-state index >= 15 is 0 Å². The van der Waals surface area contributed by atoms with Crippen LogP contribution in [-0.4, -0.2) is 31.1 Å². The van der Waals surface area contributed by atoms with Crippen molar-refractivity contribution in [2.75, 3.05) is 31.2 Å². The normalized spacial score (nSPS) is 14.6. The second-order valence-corrected chi connectivity index (χ2v) is 4.55. The largest absolute Gasteiger partial charge is 0.397 e. The molecule has 0 saturated heterocycles. The van der Waals surface area contributed by atoms with E-state index in [1.54, 1.807) is 18.2 Å². The third-order valence-corrected chi connectivity index (χ3v) is 3.13. The van der Waals surface area contributed by atoms with Crippen molar-refractivity contribution in [2.24, 2.45) is 0 Å². The monoisotopic (exact) mass is 230 g/mol. The van der Waals surface area contributed by atoms with Crippen LogP contribution in [0.4, 0.5) is 11.4 Å². The molecule has 3 N–H and O–H groups in total. The van der Waals surface area contributed by atoms with Crippen molar-refractivity contribution in [1.82, 2.24) is 4.90 Å². The third kappa shape index (κ3) is 3.11. The topological polar surface area (TPSA) is 65.1 Å². The predicted molar refractivity (Wildman–Crippen MR) is 69.7 cm³/mol. The summed E-state index contributed by atoms with van der Waals surface area (Å²) in [6, 6.07) is 8.19. The van der Waals surface area contributed by atoms with Crippen LogP contribution in [0.5, 0.6) is 0 Å². The Kier molecular flexibility index (Phi) is 3.50. The molecule has 4 heteroatoms. The molecule has 4 nitrogen and oxygen atoms in total. The maximum atomic E-state index is 8.82. The van der Waals surface area contributed by atoms with Crippen LogP contribution in [-0.2, 0) is 0 Å². The minimum atomic E-state index is 0.636. The fourth-order valence-corrected chi connectivity index (χ4v) is 1.84. The number of hydrogen-bond acceptors (Lipinski definition) is 4. The highest BCUT2D eigenvalue weighted by atomic mass is 15.2. The summed E-state index contributed by atoms with van der Waals surface area (Å²) < 4.78 is 0. The van der Waals surface area contributed by atoms with E-state index in [0.29, 0.717) is 11.3 Å². The van der Waals surface area contributed by atoms with Crippen LogP contribution < -0.4 is 11.1 Å². The Morgan fingerprint density at radius 3 is 2.94 bits per heavy atom. The van der Waals surface area contributed by atoms with E-state index in [2.05, 4.69) is 23.3 Å². The maximum absolute atomic E-state index is 8.82. The Labute approximate surface area is 102 Å². The van der Waals surface area contributed by atoms with Gasteiger partial charge in [0, 0.05) is 19.1 Å². The lowest BCUT2D eigenvalue weighted by atomic mass is 10.2. The first-order valence-corrected chi connectivity index (χ1v) is 5.94. The van der Waals surface area contributed by atoms with Gasteiger partial charge in [-0.25, -0.2) is 0 Å². The highest BCUT2D eigenvalue weighted by Gasteiger charge is 2.25. The SMILES string of the molecule is CN(CCNc1cc(C#N)ccc1N)C1CC1. The molecule has 0 aromatic heterocycles. The minimum Gasteiger partial charge on any atom is -0.397 e. The van der Waals surface area contributed by atoms with Gasteiger partial charge in [-0.1, -0.05) is 0 Å². The number of likely N-dealkylation sites (N-methyl/N-ethyl adjacent to an activating group) is 1. The van der Waals surface area contributed by atoms with Crippen molar-refractivity contribution in [3.05, 3.63) is 23.8 Å². The van der Waals surface area contributed by atoms with E-state index in [9.17, 15) is 0 Å². The molecule has 1 saturated carbocycles. The summed E-state index contributed by atoms with van der Waals surface area (Å²) in [5, 5.41) is 12.1. The fraction of sp³-hybridized carbons (Fsp3) is 0.462. The van der Waals surface area contributed by atoms with Gasteiger partial charge in [-0.15, -0.1) is 0 Å². The van der Waals surface area contributed by atoms with E-state index in [4.69, 9.17) is 11.0 Å².